The van der Waals surface area contributed by atoms with Gasteiger partial charge < -0.3 is 10.2 Å². The fourth-order valence-corrected chi connectivity index (χ4v) is 2.87. The number of nitrogens with zero attached hydrogens (tertiary/aromatic N) is 3. The van der Waals surface area contributed by atoms with E-state index in [9.17, 15) is 13.2 Å². The van der Waals surface area contributed by atoms with E-state index >= 15 is 0 Å². The lowest BCUT2D eigenvalue weighted by Gasteiger charge is -2.19. The molecule has 1 saturated heterocycles. The highest BCUT2D eigenvalue weighted by molar-refractivity contribution is 5.67. The first kappa shape index (κ1) is 16.7. The van der Waals surface area contributed by atoms with Crippen molar-refractivity contribution in [1.82, 2.24) is 15.3 Å². The van der Waals surface area contributed by atoms with E-state index in [2.05, 4.69) is 15.3 Å². The summed E-state index contributed by atoms with van der Waals surface area (Å²) in [5.41, 5.74) is 1.22. The first-order valence-corrected chi connectivity index (χ1v) is 7.81. The van der Waals surface area contributed by atoms with Crippen LogP contribution in [-0.2, 0) is 6.18 Å². The lowest BCUT2D eigenvalue weighted by molar-refractivity contribution is -0.137. The quantitative estimate of drug-likeness (QED) is 0.929. The van der Waals surface area contributed by atoms with E-state index in [0.29, 0.717) is 17.1 Å². The molecule has 24 heavy (non-hydrogen) atoms. The molecule has 3 rings (SSSR count). The van der Waals surface area contributed by atoms with Crippen LogP contribution in [0.15, 0.2) is 30.5 Å². The summed E-state index contributed by atoms with van der Waals surface area (Å²) in [6, 6.07) is 5.36. The Labute approximate surface area is 138 Å². The first-order chi connectivity index (χ1) is 11.4. The summed E-state index contributed by atoms with van der Waals surface area (Å²) in [7, 11) is 3.68. The molecule has 0 amide bonds. The predicted molar refractivity (Wildman–Crippen MR) is 86.8 cm³/mol. The molecule has 1 atom stereocenters. The number of benzene rings is 1. The lowest BCUT2D eigenvalue weighted by Crippen LogP contribution is -2.19. The number of hydrogen-bond acceptors (Lipinski definition) is 4. The molecule has 0 aliphatic carbocycles. The summed E-state index contributed by atoms with van der Waals surface area (Å²) in [6.45, 7) is 0.883. The van der Waals surface area contributed by atoms with Gasteiger partial charge in [-0.15, -0.1) is 0 Å². The van der Waals surface area contributed by atoms with E-state index in [1.807, 2.05) is 14.1 Å². The minimum absolute atomic E-state index is 0.0382. The minimum Gasteiger partial charge on any atom is -0.347 e. The largest absolute Gasteiger partial charge is 0.416 e. The fourth-order valence-electron chi connectivity index (χ4n) is 2.87. The molecule has 128 valence electrons. The molecule has 0 saturated carbocycles. The molecule has 1 aromatic carbocycles. The van der Waals surface area contributed by atoms with Crippen molar-refractivity contribution >= 4 is 5.95 Å². The van der Waals surface area contributed by atoms with Crippen LogP contribution in [0.4, 0.5) is 19.1 Å². The van der Waals surface area contributed by atoms with Gasteiger partial charge in [0.15, 0.2) is 0 Å². The maximum absolute atomic E-state index is 13.0. The molecule has 1 aromatic heterocycles. The zero-order valence-electron chi connectivity index (χ0n) is 13.6. The molecular weight excluding hydrogens is 317 g/mol. The van der Waals surface area contributed by atoms with E-state index < -0.39 is 11.7 Å². The summed E-state index contributed by atoms with van der Waals surface area (Å²) in [4.78, 5) is 10.7. The third-order valence-corrected chi connectivity index (χ3v) is 4.10. The Morgan fingerprint density at radius 3 is 2.67 bits per heavy atom. The van der Waals surface area contributed by atoms with Crippen molar-refractivity contribution in [3.05, 3.63) is 41.7 Å². The summed E-state index contributed by atoms with van der Waals surface area (Å²) >= 11 is 0. The number of hydrogen-bond donors (Lipinski definition) is 1. The van der Waals surface area contributed by atoms with Gasteiger partial charge in [-0.3, -0.25) is 0 Å². The molecule has 1 N–H and O–H groups in total. The molecule has 0 radical (unpaired) electrons. The van der Waals surface area contributed by atoms with Gasteiger partial charge in [-0.05, 0) is 37.1 Å². The van der Waals surface area contributed by atoms with E-state index in [1.165, 1.54) is 6.07 Å². The normalized spacial score (nSPS) is 18.0. The zero-order chi connectivity index (χ0) is 17.3. The third kappa shape index (κ3) is 3.36. The lowest BCUT2D eigenvalue weighted by atomic mass is 9.98. The maximum Gasteiger partial charge on any atom is 0.416 e. The number of nitrogens with one attached hydrogen (secondary N) is 1. The number of halogens is 3. The second-order valence-electron chi connectivity index (χ2n) is 6.09. The number of rotatable bonds is 3. The zero-order valence-corrected chi connectivity index (χ0v) is 13.6. The van der Waals surface area contributed by atoms with Crippen LogP contribution in [0.3, 0.4) is 0 Å². The molecule has 1 unspecified atom stereocenters. The molecule has 4 nitrogen and oxygen atoms in total. The van der Waals surface area contributed by atoms with Crippen LogP contribution in [-0.4, -0.2) is 30.6 Å². The molecule has 1 aliphatic rings. The molecule has 1 aliphatic heterocycles. The van der Waals surface area contributed by atoms with Crippen LogP contribution in [0.1, 0.15) is 30.1 Å². The van der Waals surface area contributed by atoms with Crippen molar-refractivity contribution in [1.29, 1.82) is 0 Å². The SMILES string of the molecule is CN(C)c1ncc(-c2cccc(C(F)(F)F)c2)c(C2CCCN2)n1. The van der Waals surface area contributed by atoms with Gasteiger partial charge >= 0.3 is 6.18 Å². The molecular formula is C17H19F3N4. The molecule has 0 bridgehead atoms. The maximum atomic E-state index is 13.0. The summed E-state index contributed by atoms with van der Waals surface area (Å²) < 4.78 is 39.0. The third-order valence-electron chi connectivity index (χ3n) is 4.10. The van der Waals surface area contributed by atoms with Crippen molar-refractivity contribution < 1.29 is 13.2 Å². The van der Waals surface area contributed by atoms with Gasteiger partial charge in [0.25, 0.3) is 0 Å². The molecule has 0 spiro atoms. The van der Waals surface area contributed by atoms with E-state index in [-0.39, 0.29) is 6.04 Å². The minimum atomic E-state index is -4.37. The van der Waals surface area contributed by atoms with Crippen molar-refractivity contribution in [3.8, 4) is 11.1 Å². The Morgan fingerprint density at radius 2 is 2.04 bits per heavy atom. The Morgan fingerprint density at radius 1 is 1.25 bits per heavy atom. The van der Waals surface area contributed by atoms with Gasteiger partial charge in [0, 0.05) is 25.9 Å². The second-order valence-corrected chi connectivity index (χ2v) is 6.09. The molecule has 2 aromatic rings. The van der Waals surface area contributed by atoms with Crippen LogP contribution in [0.2, 0.25) is 0 Å². The Kier molecular flexibility index (Phi) is 4.45. The fraction of sp³-hybridized carbons (Fsp3) is 0.412. The van der Waals surface area contributed by atoms with Gasteiger partial charge in [-0.2, -0.15) is 13.2 Å². The van der Waals surface area contributed by atoms with Crippen LogP contribution < -0.4 is 10.2 Å². The van der Waals surface area contributed by atoms with Gasteiger partial charge in [-0.1, -0.05) is 12.1 Å². The van der Waals surface area contributed by atoms with Crippen LogP contribution in [0, 0.1) is 0 Å². The van der Waals surface area contributed by atoms with Gasteiger partial charge in [0.05, 0.1) is 17.3 Å². The summed E-state index contributed by atoms with van der Waals surface area (Å²) in [5.74, 6) is 0.550. The van der Waals surface area contributed by atoms with Crippen molar-refractivity contribution in [2.75, 3.05) is 25.5 Å². The van der Waals surface area contributed by atoms with Gasteiger partial charge in [0.1, 0.15) is 0 Å². The van der Waals surface area contributed by atoms with Crippen LogP contribution in [0.5, 0.6) is 0 Å². The van der Waals surface area contributed by atoms with Gasteiger partial charge in [-0.25, -0.2) is 9.97 Å². The van der Waals surface area contributed by atoms with E-state index in [1.54, 1.807) is 17.2 Å². The van der Waals surface area contributed by atoms with E-state index in [4.69, 9.17) is 0 Å². The number of anilines is 1. The summed E-state index contributed by atoms with van der Waals surface area (Å²) in [5, 5.41) is 3.36. The second kappa shape index (κ2) is 6.39. The topological polar surface area (TPSA) is 41.1 Å². The first-order valence-electron chi connectivity index (χ1n) is 7.81. The predicted octanol–water partition coefficient (Wildman–Crippen LogP) is 3.65. The van der Waals surface area contributed by atoms with Crippen LogP contribution in [0.25, 0.3) is 11.1 Å². The van der Waals surface area contributed by atoms with Crippen molar-refractivity contribution in [3.63, 3.8) is 0 Å². The molecule has 7 heteroatoms. The molecule has 1 fully saturated rings. The Hall–Kier alpha value is -2.15. The number of aromatic nitrogens is 2. The van der Waals surface area contributed by atoms with Crippen LogP contribution >= 0.6 is 0 Å². The van der Waals surface area contributed by atoms with Crippen molar-refractivity contribution in [2.45, 2.75) is 25.1 Å². The average molecular weight is 336 g/mol. The van der Waals surface area contributed by atoms with E-state index in [0.717, 1.165) is 37.2 Å². The Balaban J connectivity index is 2.10. The average Bonchev–Trinajstić information content (AvgIpc) is 3.08. The summed E-state index contributed by atoms with van der Waals surface area (Å²) in [6.07, 6.45) is -0.816. The highest BCUT2D eigenvalue weighted by Gasteiger charge is 2.31. The Bertz CT molecular complexity index is 722. The smallest absolute Gasteiger partial charge is 0.347 e. The van der Waals surface area contributed by atoms with Gasteiger partial charge in [0.2, 0.25) is 5.95 Å². The standard InChI is InChI=1S/C17H19F3N4/c1-24(2)16-22-10-13(15(23-16)14-7-4-8-21-14)11-5-3-6-12(9-11)17(18,19)20/h3,5-6,9-10,14,21H,4,7-8H2,1-2H3. The highest BCUT2D eigenvalue weighted by atomic mass is 19.4. The number of alkyl halides is 3. The van der Waals surface area contributed by atoms with Crippen molar-refractivity contribution in [2.24, 2.45) is 0 Å². The highest BCUT2D eigenvalue weighted by Crippen LogP contribution is 2.35. The monoisotopic (exact) mass is 336 g/mol. The molecule has 2 heterocycles.